The van der Waals surface area contributed by atoms with Crippen LogP contribution in [0.1, 0.15) is 13.8 Å². The third-order valence-electron chi connectivity index (χ3n) is 2.51. The minimum atomic E-state index is -0.0298. The summed E-state index contributed by atoms with van der Waals surface area (Å²) in [5.74, 6) is 1.81. The van der Waals surface area contributed by atoms with E-state index in [0.29, 0.717) is 6.54 Å². The molecule has 0 aliphatic heterocycles. The number of ether oxygens (including phenoxy) is 1. The molecule has 0 saturated heterocycles. The molecule has 1 rings (SSSR count). The van der Waals surface area contributed by atoms with Gasteiger partial charge in [-0.05, 0) is 25.3 Å². The molecule has 0 aliphatic rings. The lowest BCUT2D eigenvalue weighted by molar-refractivity contribution is -0.124. The lowest BCUT2D eigenvalue weighted by Crippen LogP contribution is -2.37. The van der Waals surface area contributed by atoms with E-state index in [9.17, 15) is 4.79 Å². The predicted molar refractivity (Wildman–Crippen MR) is 77.1 cm³/mol. The molecule has 3 nitrogen and oxygen atoms in total. The highest BCUT2D eigenvalue weighted by Gasteiger charge is 2.13. The Labute approximate surface area is 113 Å². The molecular formula is C14H21NO2S. The number of hydrogen-bond donors (Lipinski definition) is 1. The molecule has 100 valence electrons. The maximum absolute atomic E-state index is 11.7. The summed E-state index contributed by atoms with van der Waals surface area (Å²) in [5, 5.41) is 2.91. The van der Waals surface area contributed by atoms with Crippen LogP contribution < -0.4 is 10.1 Å². The van der Waals surface area contributed by atoms with E-state index in [1.165, 1.54) is 0 Å². The monoisotopic (exact) mass is 267 g/mol. The second kappa shape index (κ2) is 8.03. The van der Waals surface area contributed by atoms with Crippen LogP contribution in [0.2, 0.25) is 0 Å². The third kappa shape index (κ3) is 5.45. The van der Waals surface area contributed by atoms with Gasteiger partial charge in [-0.2, -0.15) is 11.8 Å². The highest BCUT2D eigenvalue weighted by Crippen LogP contribution is 2.10. The number of amides is 1. The lowest BCUT2D eigenvalue weighted by Gasteiger charge is -2.17. The zero-order valence-corrected chi connectivity index (χ0v) is 12.0. The zero-order chi connectivity index (χ0) is 13.4. The predicted octanol–water partition coefficient (Wildman–Crippen LogP) is 2.57. The van der Waals surface area contributed by atoms with Crippen LogP contribution >= 0.6 is 11.8 Å². The number of rotatable bonds is 7. The minimum Gasteiger partial charge on any atom is -0.489 e. The highest BCUT2D eigenvalue weighted by molar-refractivity contribution is 7.98. The number of thioether (sulfide) groups is 1. The van der Waals surface area contributed by atoms with Gasteiger partial charge in [0.25, 0.3) is 0 Å². The van der Waals surface area contributed by atoms with Gasteiger partial charge < -0.3 is 10.1 Å². The number of benzene rings is 1. The molecule has 0 saturated carbocycles. The normalized spacial score (nSPS) is 13.7. The molecule has 1 amide bonds. The van der Waals surface area contributed by atoms with Crippen molar-refractivity contribution in [1.29, 1.82) is 0 Å². The second-order valence-corrected chi connectivity index (χ2v) is 5.25. The van der Waals surface area contributed by atoms with E-state index < -0.39 is 0 Å². The first-order valence-corrected chi connectivity index (χ1v) is 7.51. The molecule has 1 N–H and O–H groups in total. The van der Waals surface area contributed by atoms with Gasteiger partial charge in [-0.3, -0.25) is 4.79 Å². The summed E-state index contributed by atoms with van der Waals surface area (Å²) in [4.78, 5) is 11.7. The average molecular weight is 267 g/mol. The smallest absolute Gasteiger partial charge is 0.223 e. The van der Waals surface area contributed by atoms with Crippen LogP contribution in [0.5, 0.6) is 5.75 Å². The fourth-order valence-corrected chi connectivity index (χ4v) is 2.17. The molecule has 0 aromatic heterocycles. The van der Waals surface area contributed by atoms with Crippen molar-refractivity contribution in [3.63, 3.8) is 0 Å². The summed E-state index contributed by atoms with van der Waals surface area (Å²) in [7, 11) is 0. The van der Waals surface area contributed by atoms with Crippen molar-refractivity contribution < 1.29 is 9.53 Å². The maximum Gasteiger partial charge on any atom is 0.223 e. The molecule has 1 aromatic rings. The van der Waals surface area contributed by atoms with Gasteiger partial charge in [0.15, 0.2) is 0 Å². The van der Waals surface area contributed by atoms with E-state index >= 15 is 0 Å². The first-order valence-electron chi connectivity index (χ1n) is 6.11. The van der Waals surface area contributed by atoms with Crippen LogP contribution in [0.3, 0.4) is 0 Å². The Kier molecular flexibility index (Phi) is 6.65. The van der Waals surface area contributed by atoms with E-state index in [1.54, 1.807) is 11.8 Å². The topological polar surface area (TPSA) is 38.3 Å². The van der Waals surface area contributed by atoms with Crippen molar-refractivity contribution >= 4 is 17.7 Å². The molecule has 0 radical (unpaired) electrons. The van der Waals surface area contributed by atoms with Gasteiger partial charge in [-0.1, -0.05) is 25.1 Å². The van der Waals surface area contributed by atoms with E-state index in [-0.39, 0.29) is 17.9 Å². The summed E-state index contributed by atoms with van der Waals surface area (Å²) < 4.78 is 5.68. The Morgan fingerprint density at radius 2 is 2.00 bits per heavy atom. The Bertz CT molecular complexity index is 356. The first-order chi connectivity index (χ1) is 8.63. The zero-order valence-electron chi connectivity index (χ0n) is 11.2. The molecule has 0 aliphatic carbocycles. The Morgan fingerprint density at radius 1 is 1.33 bits per heavy atom. The minimum absolute atomic E-state index is 0.0298. The van der Waals surface area contributed by atoms with Gasteiger partial charge in [-0.15, -0.1) is 0 Å². The summed E-state index contributed by atoms with van der Waals surface area (Å²) in [6.45, 7) is 4.42. The van der Waals surface area contributed by atoms with Gasteiger partial charge >= 0.3 is 0 Å². The lowest BCUT2D eigenvalue weighted by atomic mass is 10.2. The van der Waals surface area contributed by atoms with Crippen molar-refractivity contribution in [2.24, 2.45) is 5.92 Å². The van der Waals surface area contributed by atoms with E-state index in [4.69, 9.17) is 4.74 Å². The van der Waals surface area contributed by atoms with Gasteiger partial charge in [-0.25, -0.2) is 0 Å². The number of para-hydroxylation sites is 1. The van der Waals surface area contributed by atoms with Crippen molar-refractivity contribution in [3.05, 3.63) is 30.3 Å². The van der Waals surface area contributed by atoms with Crippen LogP contribution in [-0.4, -0.2) is 30.6 Å². The third-order valence-corrected chi connectivity index (χ3v) is 3.34. The maximum atomic E-state index is 11.7. The summed E-state index contributed by atoms with van der Waals surface area (Å²) >= 11 is 1.68. The van der Waals surface area contributed by atoms with Crippen LogP contribution in [-0.2, 0) is 4.79 Å². The van der Waals surface area contributed by atoms with Crippen molar-refractivity contribution in [2.75, 3.05) is 18.6 Å². The Balaban J connectivity index is 2.29. The van der Waals surface area contributed by atoms with E-state index in [1.807, 2.05) is 50.4 Å². The largest absolute Gasteiger partial charge is 0.489 e. The van der Waals surface area contributed by atoms with Crippen LogP contribution in [0.4, 0.5) is 0 Å². The summed E-state index contributed by atoms with van der Waals surface area (Å²) in [6.07, 6.45) is 1.98. The van der Waals surface area contributed by atoms with Gasteiger partial charge in [0.1, 0.15) is 11.9 Å². The van der Waals surface area contributed by atoms with E-state index in [0.717, 1.165) is 11.5 Å². The fourth-order valence-electron chi connectivity index (χ4n) is 1.52. The van der Waals surface area contributed by atoms with E-state index in [2.05, 4.69) is 5.32 Å². The highest BCUT2D eigenvalue weighted by atomic mass is 32.2. The molecule has 0 unspecified atom stereocenters. The Morgan fingerprint density at radius 3 is 2.61 bits per heavy atom. The second-order valence-electron chi connectivity index (χ2n) is 4.34. The SMILES string of the molecule is CSC[C@@H](C)C(=O)NC[C@H](C)Oc1ccccc1. The van der Waals surface area contributed by atoms with Gasteiger partial charge in [0.2, 0.25) is 5.91 Å². The average Bonchev–Trinajstić information content (AvgIpc) is 2.37. The molecule has 0 heterocycles. The molecule has 0 spiro atoms. The number of carbonyl (C=O) groups is 1. The molecule has 0 fully saturated rings. The quantitative estimate of drug-likeness (QED) is 0.825. The van der Waals surface area contributed by atoms with Crippen LogP contribution in [0.15, 0.2) is 30.3 Å². The molecule has 18 heavy (non-hydrogen) atoms. The Hall–Kier alpha value is -1.16. The number of hydrogen-bond acceptors (Lipinski definition) is 3. The summed E-state index contributed by atoms with van der Waals surface area (Å²) in [5.41, 5.74) is 0. The standard InChI is InChI=1S/C14H21NO2S/c1-11(10-18-3)14(16)15-9-12(2)17-13-7-5-4-6-8-13/h4-8,11-12H,9-10H2,1-3H3,(H,15,16)/t11-,12+/m1/s1. The molecule has 4 heteroatoms. The molecular weight excluding hydrogens is 246 g/mol. The fraction of sp³-hybridized carbons (Fsp3) is 0.500. The number of nitrogens with one attached hydrogen (secondary N) is 1. The van der Waals surface area contributed by atoms with Crippen molar-refractivity contribution in [2.45, 2.75) is 20.0 Å². The molecule has 0 bridgehead atoms. The number of carbonyl (C=O) groups excluding carboxylic acids is 1. The van der Waals surface area contributed by atoms with Gasteiger partial charge in [0, 0.05) is 11.7 Å². The van der Waals surface area contributed by atoms with Crippen molar-refractivity contribution in [3.8, 4) is 5.75 Å². The molecule has 2 atom stereocenters. The van der Waals surface area contributed by atoms with Crippen molar-refractivity contribution in [1.82, 2.24) is 5.32 Å². The van der Waals surface area contributed by atoms with Gasteiger partial charge in [0.05, 0.1) is 6.54 Å². The first kappa shape index (κ1) is 14.9. The summed E-state index contributed by atoms with van der Waals surface area (Å²) in [6, 6.07) is 9.63. The van der Waals surface area contributed by atoms with Crippen LogP contribution in [0.25, 0.3) is 0 Å². The van der Waals surface area contributed by atoms with Crippen LogP contribution in [0, 0.1) is 5.92 Å². The molecule has 1 aromatic carbocycles.